The maximum Gasteiger partial charge on any atom is 0.262 e. The van der Waals surface area contributed by atoms with Crippen molar-refractivity contribution < 1.29 is 19.2 Å². The summed E-state index contributed by atoms with van der Waals surface area (Å²) in [7, 11) is 0. The van der Waals surface area contributed by atoms with E-state index in [-0.39, 0.29) is 30.0 Å². The highest BCUT2D eigenvalue weighted by atomic mass is 16.2. The van der Waals surface area contributed by atoms with Crippen LogP contribution in [-0.2, 0) is 9.59 Å². The molecule has 11 heteroatoms. The van der Waals surface area contributed by atoms with Crippen molar-refractivity contribution in [3.05, 3.63) is 71.3 Å². The second-order valence-corrected chi connectivity index (χ2v) is 11.7. The van der Waals surface area contributed by atoms with Gasteiger partial charge < -0.3 is 11.1 Å². The first-order valence-electron chi connectivity index (χ1n) is 14.7. The Morgan fingerprint density at radius 2 is 1.84 bits per heavy atom. The number of anilines is 1. The zero-order valence-electron chi connectivity index (χ0n) is 23.5. The maximum absolute atomic E-state index is 13.1. The minimum atomic E-state index is -0.975. The van der Waals surface area contributed by atoms with Crippen molar-refractivity contribution in [2.45, 2.75) is 50.6 Å². The van der Waals surface area contributed by atoms with Crippen molar-refractivity contribution in [3.8, 4) is 0 Å². The number of benzene rings is 1. The number of nitrogens with two attached hydrogens (primary N) is 1. The summed E-state index contributed by atoms with van der Waals surface area (Å²) in [6, 6.07) is 10.1. The molecule has 0 spiro atoms. The third kappa shape index (κ3) is 5.04. The second kappa shape index (κ2) is 10.7. The number of hydrogen-bond donors (Lipinski definition) is 3. The van der Waals surface area contributed by atoms with Gasteiger partial charge in [-0.05, 0) is 80.3 Å². The van der Waals surface area contributed by atoms with Gasteiger partial charge in [0, 0.05) is 53.9 Å². The summed E-state index contributed by atoms with van der Waals surface area (Å²) in [5, 5.41) is 6.57. The zero-order valence-corrected chi connectivity index (χ0v) is 23.5. The van der Waals surface area contributed by atoms with E-state index in [0.717, 1.165) is 64.1 Å². The number of carbonyl (C=O) groups is 4. The van der Waals surface area contributed by atoms with Crippen molar-refractivity contribution in [2.24, 2.45) is 22.6 Å². The lowest BCUT2D eigenvalue weighted by molar-refractivity contribution is -0.136. The molecule has 1 saturated heterocycles. The Bertz CT molecular complexity index is 1730. The predicted molar refractivity (Wildman–Crippen MR) is 160 cm³/mol. The number of rotatable bonds is 8. The first kappa shape index (κ1) is 26.9. The van der Waals surface area contributed by atoms with Crippen LogP contribution in [-0.4, -0.2) is 63.3 Å². The van der Waals surface area contributed by atoms with Crippen molar-refractivity contribution >= 4 is 52.0 Å². The summed E-state index contributed by atoms with van der Waals surface area (Å²) in [4.78, 5) is 64.8. The van der Waals surface area contributed by atoms with Gasteiger partial charge in [0.25, 0.3) is 11.8 Å². The van der Waals surface area contributed by atoms with Gasteiger partial charge in [-0.25, -0.2) is 0 Å². The molecular formula is C32H31N7O4. The van der Waals surface area contributed by atoms with Crippen LogP contribution in [0.25, 0.3) is 16.5 Å². The quantitative estimate of drug-likeness (QED) is 0.272. The molecule has 2 saturated carbocycles. The first-order chi connectivity index (χ1) is 20.9. The van der Waals surface area contributed by atoms with E-state index in [1.807, 2.05) is 24.4 Å². The molecule has 4 aliphatic rings. The molecule has 1 atom stereocenters. The molecule has 3 fully saturated rings. The molecule has 11 nitrogen and oxygen atoms in total. The van der Waals surface area contributed by atoms with Crippen molar-refractivity contribution in [1.29, 1.82) is 0 Å². The summed E-state index contributed by atoms with van der Waals surface area (Å²) < 4.78 is 0. The first-order valence-corrected chi connectivity index (χ1v) is 14.7. The van der Waals surface area contributed by atoms with E-state index in [0.29, 0.717) is 18.4 Å². The second-order valence-electron chi connectivity index (χ2n) is 11.7. The smallest absolute Gasteiger partial charge is 0.262 e. The van der Waals surface area contributed by atoms with Gasteiger partial charge in [-0.1, -0.05) is 0 Å². The molecule has 4 N–H and O–H groups in total. The van der Waals surface area contributed by atoms with Crippen molar-refractivity contribution in [2.75, 3.05) is 11.9 Å². The Balaban J connectivity index is 0.982. The molecule has 43 heavy (non-hydrogen) atoms. The number of allylic oxidation sites excluding steroid dienone is 2. The van der Waals surface area contributed by atoms with Crippen LogP contribution in [0.3, 0.4) is 0 Å². The molecule has 2 aliphatic carbocycles. The van der Waals surface area contributed by atoms with E-state index in [1.165, 1.54) is 0 Å². The van der Waals surface area contributed by atoms with Gasteiger partial charge in [0.05, 0.1) is 28.4 Å². The maximum atomic E-state index is 13.1. The normalized spacial score (nSPS) is 24.2. The van der Waals surface area contributed by atoms with Crippen LogP contribution >= 0.6 is 0 Å². The standard InChI is InChI=1S/C32H31N7O4/c33-28(18-3-4-18)24(29-22-2-1-10-34-25(22)9-11-35-29)16-37-20-12-17(13-20)15-36-19-5-6-21-23(14-19)32(43)39(31(21)42)26-7-8-27(40)38-30(26)41/h1-2,5-6,9-11,14,16-18,20,26,36H,3-4,7-8,12-13,15,33H2,(H,38,40,41). The molecule has 7 rings (SSSR count). The predicted octanol–water partition coefficient (Wildman–Crippen LogP) is 3.07. The molecule has 4 heterocycles. The number of nitrogens with one attached hydrogen (secondary N) is 2. The third-order valence-corrected chi connectivity index (χ3v) is 8.77. The Labute approximate surface area is 247 Å². The summed E-state index contributed by atoms with van der Waals surface area (Å²) >= 11 is 0. The summed E-state index contributed by atoms with van der Waals surface area (Å²) in [5.41, 5.74) is 11.3. The van der Waals surface area contributed by atoms with Crippen LogP contribution < -0.4 is 16.4 Å². The molecule has 2 aromatic heterocycles. The van der Waals surface area contributed by atoms with Gasteiger partial charge >= 0.3 is 0 Å². The molecule has 1 aromatic carbocycles. The Morgan fingerprint density at radius 1 is 1.02 bits per heavy atom. The molecule has 0 bridgehead atoms. The minimum Gasteiger partial charge on any atom is -0.401 e. The number of aromatic nitrogens is 2. The van der Waals surface area contributed by atoms with Crippen molar-refractivity contribution in [3.63, 3.8) is 0 Å². The van der Waals surface area contributed by atoms with Gasteiger partial charge in [-0.2, -0.15) is 0 Å². The van der Waals surface area contributed by atoms with E-state index in [2.05, 4.69) is 20.6 Å². The molecule has 4 amide bonds. The van der Waals surface area contributed by atoms with Gasteiger partial charge in [0.15, 0.2) is 0 Å². The zero-order chi connectivity index (χ0) is 29.7. The number of amides is 4. The van der Waals surface area contributed by atoms with E-state index in [1.54, 1.807) is 30.6 Å². The minimum absolute atomic E-state index is 0.0894. The number of piperidine rings is 1. The third-order valence-electron chi connectivity index (χ3n) is 8.77. The fourth-order valence-electron chi connectivity index (χ4n) is 6.12. The number of pyridine rings is 2. The lowest BCUT2D eigenvalue weighted by Crippen LogP contribution is -2.54. The number of nitrogens with zero attached hydrogens (tertiary/aromatic N) is 4. The van der Waals surface area contributed by atoms with Crippen LogP contribution in [0.15, 0.2) is 59.5 Å². The van der Waals surface area contributed by atoms with Crippen LogP contribution in [0, 0.1) is 11.8 Å². The molecule has 2 aliphatic heterocycles. The summed E-state index contributed by atoms with van der Waals surface area (Å²) in [6.07, 6.45) is 9.65. The summed E-state index contributed by atoms with van der Waals surface area (Å²) in [6.45, 7) is 0.702. The molecule has 218 valence electrons. The fraction of sp³-hybridized carbons (Fsp3) is 0.344. The SMILES string of the molecule is NC(=C(C=NC1CC(CNc2ccc3c(c2)C(=O)N(C2CCC(=O)NC2=O)C3=O)C1)c1nccc2ncccc12)C1CC1. The Morgan fingerprint density at radius 3 is 2.63 bits per heavy atom. The average molecular weight is 578 g/mol. The van der Waals surface area contributed by atoms with Gasteiger partial charge in [-0.15, -0.1) is 0 Å². The van der Waals surface area contributed by atoms with Crippen molar-refractivity contribution in [1.82, 2.24) is 20.2 Å². The lowest BCUT2D eigenvalue weighted by atomic mass is 9.80. The number of fused-ring (bicyclic) bond motifs is 2. The summed E-state index contributed by atoms with van der Waals surface area (Å²) in [5.74, 6) is -1.25. The van der Waals surface area contributed by atoms with E-state index in [9.17, 15) is 19.2 Å². The number of carbonyl (C=O) groups excluding carboxylic acids is 4. The van der Waals surface area contributed by atoms with E-state index < -0.39 is 29.7 Å². The molecule has 1 unspecified atom stereocenters. The highest BCUT2D eigenvalue weighted by Gasteiger charge is 2.44. The molecule has 3 aromatic rings. The lowest BCUT2D eigenvalue weighted by Gasteiger charge is -2.33. The number of hydrogen-bond acceptors (Lipinski definition) is 9. The topological polar surface area (TPSA) is 160 Å². The largest absolute Gasteiger partial charge is 0.401 e. The van der Waals surface area contributed by atoms with Gasteiger partial charge in [-0.3, -0.25) is 44.4 Å². The monoisotopic (exact) mass is 577 g/mol. The fourth-order valence-corrected chi connectivity index (χ4v) is 6.12. The molecule has 0 radical (unpaired) electrons. The molecular weight excluding hydrogens is 546 g/mol. The van der Waals surface area contributed by atoms with Crippen LogP contribution in [0.2, 0.25) is 0 Å². The van der Waals surface area contributed by atoms with Crippen LogP contribution in [0.5, 0.6) is 0 Å². The van der Waals surface area contributed by atoms with E-state index in [4.69, 9.17) is 10.7 Å². The Hall–Kier alpha value is -4.93. The highest BCUT2D eigenvalue weighted by molar-refractivity contribution is 6.23. The van der Waals surface area contributed by atoms with Gasteiger partial charge in [0.2, 0.25) is 11.8 Å². The van der Waals surface area contributed by atoms with Crippen LogP contribution in [0.4, 0.5) is 5.69 Å². The average Bonchev–Trinajstić information content (AvgIpc) is 3.81. The number of aliphatic imine (C=N–C) groups is 1. The number of imide groups is 2. The van der Waals surface area contributed by atoms with Crippen LogP contribution in [0.1, 0.15) is 64.9 Å². The Kier molecular flexibility index (Phi) is 6.72. The van der Waals surface area contributed by atoms with E-state index >= 15 is 0 Å². The van der Waals surface area contributed by atoms with Gasteiger partial charge in [0.1, 0.15) is 6.04 Å². The highest BCUT2D eigenvalue weighted by Crippen LogP contribution is 2.38.